The Morgan fingerprint density at radius 1 is 1.36 bits per heavy atom. The van der Waals surface area contributed by atoms with Crippen LogP contribution in [0.15, 0.2) is 0 Å². The van der Waals surface area contributed by atoms with Crippen molar-refractivity contribution in [2.75, 3.05) is 32.2 Å². The Morgan fingerprint density at radius 2 is 2.09 bits per heavy atom. The summed E-state index contributed by atoms with van der Waals surface area (Å²) < 4.78 is 5.34. The minimum atomic E-state index is 0.628. The van der Waals surface area contributed by atoms with Crippen LogP contribution in [-0.2, 0) is 4.74 Å². The fraction of sp³-hybridized carbons (Fsp3) is 1.00. The summed E-state index contributed by atoms with van der Waals surface area (Å²) in [6.45, 7) is 7.70. The molecule has 0 aromatic carbocycles. The zero-order valence-electron chi connectivity index (χ0n) is 7.40. The molecule has 0 bridgehead atoms. The van der Waals surface area contributed by atoms with E-state index in [1.54, 1.807) is 0 Å². The van der Waals surface area contributed by atoms with Crippen molar-refractivity contribution in [2.24, 2.45) is 5.92 Å². The molecule has 0 radical (unpaired) electrons. The maximum absolute atomic E-state index is 5.46. The SMILES string of the molecule is CC(C)COCCNCCCl. The molecule has 0 aromatic heterocycles. The van der Waals surface area contributed by atoms with E-state index in [0.29, 0.717) is 11.8 Å². The van der Waals surface area contributed by atoms with Crippen molar-refractivity contribution in [2.45, 2.75) is 13.8 Å². The van der Waals surface area contributed by atoms with Gasteiger partial charge in [-0.3, -0.25) is 0 Å². The lowest BCUT2D eigenvalue weighted by Crippen LogP contribution is -2.22. The van der Waals surface area contributed by atoms with E-state index < -0.39 is 0 Å². The van der Waals surface area contributed by atoms with Gasteiger partial charge in [0, 0.05) is 25.6 Å². The van der Waals surface area contributed by atoms with Crippen LogP contribution < -0.4 is 5.32 Å². The third kappa shape index (κ3) is 10.2. The van der Waals surface area contributed by atoms with Gasteiger partial charge in [-0.1, -0.05) is 13.8 Å². The van der Waals surface area contributed by atoms with E-state index in [4.69, 9.17) is 16.3 Å². The van der Waals surface area contributed by atoms with E-state index in [9.17, 15) is 0 Å². The van der Waals surface area contributed by atoms with Gasteiger partial charge in [0.15, 0.2) is 0 Å². The highest BCUT2D eigenvalue weighted by Gasteiger charge is 1.92. The number of halogens is 1. The lowest BCUT2D eigenvalue weighted by Gasteiger charge is -2.06. The molecule has 2 nitrogen and oxygen atoms in total. The van der Waals surface area contributed by atoms with Crippen LogP contribution in [0, 0.1) is 5.92 Å². The highest BCUT2D eigenvalue weighted by Crippen LogP contribution is 1.90. The van der Waals surface area contributed by atoms with Gasteiger partial charge in [0.25, 0.3) is 0 Å². The number of nitrogens with one attached hydrogen (secondary N) is 1. The van der Waals surface area contributed by atoms with Crippen molar-refractivity contribution in [3.8, 4) is 0 Å². The Morgan fingerprint density at radius 3 is 2.64 bits per heavy atom. The van der Waals surface area contributed by atoms with Gasteiger partial charge in [-0.15, -0.1) is 11.6 Å². The summed E-state index contributed by atoms with van der Waals surface area (Å²) in [5, 5.41) is 3.15. The summed E-state index contributed by atoms with van der Waals surface area (Å²) in [5.41, 5.74) is 0. The average Bonchev–Trinajstić information content (AvgIpc) is 1.96. The Bertz CT molecular complexity index is 78.5. The van der Waals surface area contributed by atoms with Crippen molar-refractivity contribution in [1.29, 1.82) is 0 Å². The van der Waals surface area contributed by atoms with E-state index in [-0.39, 0.29) is 0 Å². The van der Waals surface area contributed by atoms with E-state index in [2.05, 4.69) is 19.2 Å². The van der Waals surface area contributed by atoms with Crippen LogP contribution in [0.25, 0.3) is 0 Å². The monoisotopic (exact) mass is 179 g/mol. The van der Waals surface area contributed by atoms with Gasteiger partial charge in [-0.05, 0) is 5.92 Å². The number of ether oxygens (including phenoxy) is 1. The summed E-state index contributed by atoms with van der Waals surface area (Å²) in [5.74, 6) is 1.30. The summed E-state index contributed by atoms with van der Waals surface area (Å²) in [4.78, 5) is 0. The largest absolute Gasteiger partial charge is 0.380 e. The highest BCUT2D eigenvalue weighted by atomic mass is 35.5. The summed E-state index contributed by atoms with van der Waals surface area (Å²) in [6.07, 6.45) is 0. The van der Waals surface area contributed by atoms with Crippen molar-refractivity contribution >= 4 is 11.6 Å². The molecule has 0 heterocycles. The minimum Gasteiger partial charge on any atom is -0.380 e. The Labute approximate surface area is 74.3 Å². The van der Waals surface area contributed by atoms with Gasteiger partial charge in [0.05, 0.1) is 6.61 Å². The predicted molar refractivity (Wildman–Crippen MR) is 49.2 cm³/mol. The topological polar surface area (TPSA) is 21.3 Å². The van der Waals surface area contributed by atoms with Crippen LogP contribution in [0.2, 0.25) is 0 Å². The van der Waals surface area contributed by atoms with Crippen LogP contribution >= 0.6 is 11.6 Å². The number of hydrogen-bond acceptors (Lipinski definition) is 2. The predicted octanol–water partition coefficient (Wildman–Crippen LogP) is 1.49. The molecule has 0 fully saturated rings. The van der Waals surface area contributed by atoms with Crippen molar-refractivity contribution in [3.05, 3.63) is 0 Å². The van der Waals surface area contributed by atoms with Gasteiger partial charge in [-0.2, -0.15) is 0 Å². The maximum atomic E-state index is 5.46. The molecule has 1 N–H and O–H groups in total. The molecule has 68 valence electrons. The second-order valence-corrected chi connectivity index (χ2v) is 3.29. The molecule has 0 aliphatic heterocycles. The Kier molecular flexibility index (Phi) is 8.47. The molecule has 11 heavy (non-hydrogen) atoms. The fourth-order valence-corrected chi connectivity index (χ4v) is 0.789. The molecule has 0 saturated heterocycles. The fourth-order valence-electron chi connectivity index (χ4n) is 0.655. The molecule has 0 aromatic rings. The van der Waals surface area contributed by atoms with Crippen LogP contribution in [-0.4, -0.2) is 32.2 Å². The van der Waals surface area contributed by atoms with E-state index in [1.807, 2.05) is 0 Å². The number of alkyl halides is 1. The van der Waals surface area contributed by atoms with Crippen LogP contribution in [0.1, 0.15) is 13.8 Å². The standard InChI is InChI=1S/C8H18ClNO/c1-8(2)7-11-6-5-10-4-3-9/h8,10H,3-7H2,1-2H3. The van der Waals surface area contributed by atoms with Gasteiger partial charge in [-0.25, -0.2) is 0 Å². The molecule has 0 rings (SSSR count). The smallest absolute Gasteiger partial charge is 0.0591 e. The zero-order chi connectivity index (χ0) is 8.53. The molecule has 3 heteroatoms. The Hall–Kier alpha value is 0.210. The lowest BCUT2D eigenvalue weighted by molar-refractivity contribution is 0.112. The van der Waals surface area contributed by atoms with Crippen molar-refractivity contribution in [1.82, 2.24) is 5.32 Å². The molecule has 0 saturated carbocycles. The van der Waals surface area contributed by atoms with Gasteiger partial charge in [0.2, 0.25) is 0 Å². The maximum Gasteiger partial charge on any atom is 0.0591 e. The lowest BCUT2D eigenvalue weighted by atomic mass is 10.2. The molecular formula is C8H18ClNO. The second-order valence-electron chi connectivity index (χ2n) is 2.91. The first-order valence-corrected chi connectivity index (χ1v) is 4.65. The van der Waals surface area contributed by atoms with Gasteiger partial charge >= 0.3 is 0 Å². The van der Waals surface area contributed by atoms with Crippen molar-refractivity contribution in [3.63, 3.8) is 0 Å². The van der Waals surface area contributed by atoms with E-state index in [1.165, 1.54) is 0 Å². The second kappa shape index (κ2) is 8.31. The van der Waals surface area contributed by atoms with Crippen LogP contribution in [0.4, 0.5) is 0 Å². The summed E-state index contributed by atoms with van der Waals surface area (Å²) >= 11 is 5.46. The molecule has 0 spiro atoms. The van der Waals surface area contributed by atoms with E-state index >= 15 is 0 Å². The van der Waals surface area contributed by atoms with Crippen molar-refractivity contribution < 1.29 is 4.74 Å². The quantitative estimate of drug-likeness (QED) is 0.473. The first-order chi connectivity index (χ1) is 5.27. The van der Waals surface area contributed by atoms with E-state index in [0.717, 1.165) is 26.3 Å². The number of hydrogen-bond donors (Lipinski definition) is 1. The first kappa shape index (κ1) is 11.2. The third-order valence-electron chi connectivity index (χ3n) is 1.15. The van der Waals surface area contributed by atoms with Crippen LogP contribution in [0.3, 0.4) is 0 Å². The summed E-state index contributed by atoms with van der Waals surface area (Å²) in [7, 11) is 0. The highest BCUT2D eigenvalue weighted by molar-refractivity contribution is 6.18. The average molecular weight is 180 g/mol. The normalized spacial score (nSPS) is 10.9. The zero-order valence-corrected chi connectivity index (χ0v) is 8.16. The van der Waals surface area contributed by atoms with Crippen LogP contribution in [0.5, 0.6) is 0 Å². The third-order valence-corrected chi connectivity index (χ3v) is 1.33. The van der Waals surface area contributed by atoms with Gasteiger partial charge < -0.3 is 10.1 Å². The molecule has 0 aliphatic rings. The number of rotatable bonds is 7. The molecular weight excluding hydrogens is 162 g/mol. The molecule has 0 aliphatic carbocycles. The minimum absolute atomic E-state index is 0.628. The molecule has 0 amide bonds. The summed E-state index contributed by atoms with van der Waals surface area (Å²) in [6, 6.07) is 0. The molecule has 0 atom stereocenters. The molecule has 0 unspecified atom stereocenters. The first-order valence-electron chi connectivity index (χ1n) is 4.11. The Balaban J connectivity index is 2.80. The van der Waals surface area contributed by atoms with Gasteiger partial charge in [0.1, 0.15) is 0 Å².